The lowest BCUT2D eigenvalue weighted by molar-refractivity contribution is -0.0224. The van der Waals surface area contributed by atoms with E-state index in [1.807, 2.05) is 0 Å². The lowest BCUT2D eigenvalue weighted by atomic mass is 10.0. The van der Waals surface area contributed by atoms with E-state index in [-0.39, 0.29) is 6.61 Å². The maximum Gasteiger partial charge on any atom is 0.116 e. The summed E-state index contributed by atoms with van der Waals surface area (Å²) < 4.78 is 5.46. The predicted octanol–water partition coefficient (Wildman–Crippen LogP) is -0.888. The number of fused-ring (bicyclic) bond motifs is 1. The smallest absolute Gasteiger partial charge is 0.116 e. The minimum atomic E-state index is -1.10. The number of hydrogen-bond donors (Lipinski definition) is 4. The minimum Gasteiger partial charge on any atom is -0.394 e. The molecule has 1 aliphatic rings. The van der Waals surface area contributed by atoms with Crippen LogP contribution in [0.15, 0.2) is 18.7 Å². The molecule has 0 amide bonds. The highest BCUT2D eigenvalue weighted by molar-refractivity contribution is 5.78. The first kappa shape index (κ1) is 11.5. The van der Waals surface area contributed by atoms with Crippen molar-refractivity contribution in [3.8, 4) is 0 Å². The highest BCUT2D eigenvalue weighted by Crippen LogP contribution is 2.35. The van der Waals surface area contributed by atoms with Gasteiger partial charge in [-0.25, -0.2) is 9.97 Å². The first-order valence-electron chi connectivity index (χ1n) is 5.62. The lowest BCUT2D eigenvalue weighted by Crippen LogP contribution is -2.32. The molecule has 1 fully saturated rings. The SMILES string of the molecule is OC[C@H]1OC(c2c[nH]c3cncnc23)[C@H](O)[C@@H]1O. The third-order valence-corrected chi connectivity index (χ3v) is 3.22. The summed E-state index contributed by atoms with van der Waals surface area (Å²) in [5.74, 6) is 0. The number of ether oxygens (including phenoxy) is 1. The second-order valence-electron chi connectivity index (χ2n) is 4.29. The molecular weight excluding hydrogens is 238 g/mol. The van der Waals surface area contributed by atoms with E-state index in [0.29, 0.717) is 11.1 Å². The topological polar surface area (TPSA) is 111 Å². The van der Waals surface area contributed by atoms with Crippen LogP contribution in [0.4, 0.5) is 0 Å². The van der Waals surface area contributed by atoms with E-state index >= 15 is 0 Å². The number of hydrogen-bond acceptors (Lipinski definition) is 6. The highest BCUT2D eigenvalue weighted by atomic mass is 16.6. The number of aromatic amines is 1. The zero-order valence-electron chi connectivity index (χ0n) is 9.39. The summed E-state index contributed by atoms with van der Waals surface area (Å²) in [7, 11) is 0. The van der Waals surface area contributed by atoms with E-state index < -0.39 is 24.4 Å². The van der Waals surface area contributed by atoms with Gasteiger partial charge < -0.3 is 25.0 Å². The molecule has 4 atom stereocenters. The van der Waals surface area contributed by atoms with Crippen molar-refractivity contribution >= 4 is 11.0 Å². The first-order chi connectivity index (χ1) is 8.72. The molecule has 1 saturated heterocycles. The molecule has 0 spiro atoms. The Bertz CT molecular complexity index is 558. The van der Waals surface area contributed by atoms with Gasteiger partial charge in [0.1, 0.15) is 30.7 Å². The summed E-state index contributed by atoms with van der Waals surface area (Å²) >= 11 is 0. The van der Waals surface area contributed by atoms with Gasteiger partial charge in [0, 0.05) is 11.8 Å². The average molecular weight is 251 g/mol. The largest absolute Gasteiger partial charge is 0.394 e. The third-order valence-electron chi connectivity index (χ3n) is 3.22. The van der Waals surface area contributed by atoms with Crippen LogP contribution in [-0.2, 0) is 4.74 Å². The third kappa shape index (κ3) is 1.60. The molecule has 2 aromatic rings. The number of rotatable bonds is 2. The average Bonchev–Trinajstić information content (AvgIpc) is 2.93. The molecule has 0 saturated carbocycles. The maximum absolute atomic E-state index is 9.95. The fraction of sp³-hybridized carbons (Fsp3) is 0.455. The quantitative estimate of drug-likeness (QED) is 0.551. The van der Waals surface area contributed by atoms with Gasteiger partial charge in [-0.05, 0) is 0 Å². The van der Waals surface area contributed by atoms with Crippen molar-refractivity contribution in [2.45, 2.75) is 24.4 Å². The molecule has 18 heavy (non-hydrogen) atoms. The zero-order chi connectivity index (χ0) is 12.7. The fourth-order valence-corrected chi connectivity index (χ4v) is 2.26. The standard InChI is InChI=1S/C11H13N3O4/c15-3-7-9(16)10(17)11(18-7)5-1-13-6-2-12-4-14-8(5)6/h1-2,4,7,9-11,13,15-17H,3H2/t7-,9-,10-,11?/m1/s1. The molecule has 7 heteroatoms. The number of H-pyrrole nitrogens is 1. The van der Waals surface area contributed by atoms with Gasteiger partial charge in [0.25, 0.3) is 0 Å². The van der Waals surface area contributed by atoms with E-state index in [2.05, 4.69) is 15.0 Å². The van der Waals surface area contributed by atoms with Gasteiger partial charge in [-0.3, -0.25) is 0 Å². The Kier molecular flexibility index (Phi) is 2.75. The van der Waals surface area contributed by atoms with Gasteiger partial charge in [-0.1, -0.05) is 0 Å². The van der Waals surface area contributed by atoms with Crippen LogP contribution in [0.1, 0.15) is 11.7 Å². The fourth-order valence-electron chi connectivity index (χ4n) is 2.26. The van der Waals surface area contributed by atoms with E-state index in [1.165, 1.54) is 6.33 Å². The molecule has 3 rings (SSSR count). The molecular formula is C11H13N3O4. The van der Waals surface area contributed by atoms with Crippen LogP contribution in [0.3, 0.4) is 0 Å². The molecule has 0 aliphatic carbocycles. The van der Waals surface area contributed by atoms with Gasteiger partial charge in [0.05, 0.1) is 23.8 Å². The van der Waals surface area contributed by atoms with Crippen molar-refractivity contribution in [3.63, 3.8) is 0 Å². The molecule has 1 unspecified atom stereocenters. The summed E-state index contributed by atoms with van der Waals surface area (Å²) in [5.41, 5.74) is 2.01. The number of aromatic nitrogens is 3. The van der Waals surface area contributed by atoms with Crippen molar-refractivity contribution in [3.05, 3.63) is 24.3 Å². The molecule has 4 N–H and O–H groups in total. The van der Waals surface area contributed by atoms with Crippen LogP contribution in [0.5, 0.6) is 0 Å². The molecule has 96 valence electrons. The number of aliphatic hydroxyl groups excluding tert-OH is 3. The van der Waals surface area contributed by atoms with E-state index in [9.17, 15) is 10.2 Å². The molecule has 0 bridgehead atoms. The maximum atomic E-state index is 9.95. The highest BCUT2D eigenvalue weighted by Gasteiger charge is 2.44. The minimum absolute atomic E-state index is 0.341. The Morgan fingerprint density at radius 2 is 2.17 bits per heavy atom. The Morgan fingerprint density at radius 1 is 1.33 bits per heavy atom. The van der Waals surface area contributed by atoms with Crippen molar-refractivity contribution in [1.29, 1.82) is 0 Å². The Balaban J connectivity index is 2.00. The van der Waals surface area contributed by atoms with Gasteiger partial charge in [-0.15, -0.1) is 0 Å². The van der Waals surface area contributed by atoms with Gasteiger partial charge in [-0.2, -0.15) is 0 Å². The molecule has 0 radical (unpaired) electrons. The summed E-state index contributed by atoms with van der Waals surface area (Å²) in [6, 6.07) is 0. The van der Waals surface area contributed by atoms with Gasteiger partial charge in [0.15, 0.2) is 0 Å². The van der Waals surface area contributed by atoms with Crippen molar-refractivity contribution in [1.82, 2.24) is 15.0 Å². The Morgan fingerprint density at radius 3 is 2.89 bits per heavy atom. The lowest BCUT2D eigenvalue weighted by Gasteiger charge is -2.13. The Hall–Kier alpha value is -1.54. The second kappa shape index (κ2) is 4.29. The summed E-state index contributed by atoms with van der Waals surface area (Å²) in [5, 5.41) is 28.7. The van der Waals surface area contributed by atoms with Crippen LogP contribution in [0.2, 0.25) is 0 Å². The van der Waals surface area contributed by atoms with Crippen LogP contribution in [-0.4, -0.2) is 55.2 Å². The molecule has 0 aromatic carbocycles. The zero-order valence-corrected chi connectivity index (χ0v) is 9.39. The summed E-state index contributed by atoms with van der Waals surface area (Å²) in [6.45, 7) is -0.341. The molecule has 1 aliphatic heterocycles. The van der Waals surface area contributed by atoms with E-state index in [4.69, 9.17) is 9.84 Å². The van der Waals surface area contributed by atoms with Crippen molar-refractivity contribution < 1.29 is 20.1 Å². The van der Waals surface area contributed by atoms with E-state index in [0.717, 1.165) is 5.52 Å². The van der Waals surface area contributed by atoms with Crippen molar-refractivity contribution in [2.24, 2.45) is 0 Å². The monoisotopic (exact) mass is 251 g/mol. The Labute approximate surface area is 102 Å². The number of aliphatic hydroxyl groups is 3. The normalized spacial score (nSPS) is 32.2. The van der Waals surface area contributed by atoms with E-state index in [1.54, 1.807) is 12.4 Å². The molecule has 7 nitrogen and oxygen atoms in total. The summed E-state index contributed by atoms with van der Waals surface area (Å²) in [6.07, 6.45) is 1.01. The molecule has 3 heterocycles. The van der Waals surface area contributed by atoms with Crippen LogP contribution < -0.4 is 0 Å². The van der Waals surface area contributed by atoms with Crippen molar-refractivity contribution in [2.75, 3.05) is 6.61 Å². The van der Waals surface area contributed by atoms with Gasteiger partial charge in [0.2, 0.25) is 0 Å². The van der Waals surface area contributed by atoms with Crippen LogP contribution >= 0.6 is 0 Å². The van der Waals surface area contributed by atoms with Gasteiger partial charge >= 0.3 is 0 Å². The molecule has 2 aromatic heterocycles. The first-order valence-corrected chi connectivity index (χ1v) is 5.62. The van der Waals surface area contributed by atoms with Crippen LogP contribution in [0.25, 0.3) is 11.0 Å². The number of nitrogens with zero attached hydrogens (tertiary/aromatic N) is 2. The predicted molar refractivity (Wildman–Crippen MR) is 60.6 cm³/mol. The van der Waals surface area contributed by atoms with Crippen LogP contribution in [0, 0.1) is 0 Å². The second-order valence-corrected chi connectivity index (χ2v) is 4.29. The summed E-state index contributed by atoms with van der Waals surface area (Å²) in [4.78, 5) is 11.0. The number of nitrogens with one attached hydrogen (secondary N) is 1.